The maximum Gasteiger partial charge on any atom is 0.227 e. The summed E-state index contributed by atoms with van der Waals surface area (Å²) in [7, 11) is 0. The number of hydrogen-bond donors (Lipinski definition) is 2. The fourth-order valence-corrected chi connectivity index (χ4v) is 2.97. The van der Waals surface area contributed by atoms with Gasteiger partial charge in [0.2, 0.25) is 5.95 Å². The normalized spacial score (nSPS) is 20.5. The van der Waals surface area contributed by atoms with E-state index in [1.807, 2.05) is 0 Å². The van der Waals surface area contributed by atoms with Crippen LogP contribution < -0.4 is 16.0 Å². The molecule has 0 atom stereocenters. The van der Waals surface area contributed by atoms with Crippen LogP contribution in [0.25, 0.3) is 0 Å². The van der Waals surface area contributed by atoms with E-state index in [0.717, 1.165) is 56.2 Å². The SMILES string of the molecule is Nc1nc(N2CCCCCC2)nc2c1CCNCC2. The van der Waals surface area contributed by atoms with Crippen LogP contribution in [-0.4, -0.2) is 36.1 Å². The Kier molecular flexibility index (Phi) is 3.82. The van der Waals surface area contributed by atoms with Crippen molar-refractivity contribution in [3.05, 3.63) is 11.3 Å². The van der Waals surface area contributed by atoms with Crippen molar-refractivity contribution >= 4 is 11.8 Å². The van der Waals surface area contributed by atoms with E-state index in [9.17, 15) is 0 Å². The zero-order valence-corrected chi connectivity index (χ0v) is 11.5. The van der Waals surface area contributed by atoms with Crippen molar-refractivity contribution in [1.82, 2.24) is 15.3 Å². The number of nitrogens with one attached hydrogen (secondary N) is 1. The van der Waals surface area contributed by atoms with Gasteiger partial charge >= 0.3 is 0 Å². The van der Waals surface area contributed by atoms with Gasteiger partial charge in [0.1, 0.15) is 5.82 Å². The third kappa shape index (κ3) is 2.81. The van der Waals surface area contributed by atoms with Crippen LogP contribution in [0.4, 0.5) is 11.8 Å². The summed E-state index contributed by atoms with van der Waals surface area (Å²) in [5.41, 5.74) is 8.46. The Morgan fingerprint density at radius 1 is 0.947 bits per heavy atom. The average Bonchev–Trinajstić information content (AvgIpc) is 2.81. The predicted molar refractivity (Wildman–Crippen MR) is 77.4 cm³/mol. The zero-order valence-electron chi connectivity index (χ0n) is 11.5. The summed E-state index contributed by atoms with van der Waals surface area (Å²) in [4.78, 5) is 11.7. The molecule has 3 rings (SSSR count). The van der Waals surface area contributed by atoms with Gasteiger partial charge in [-0.2, -0.15) is 4.98 Å². The van der Waals surface area contributed by atoms with Crippen molar-refractivity contribution in [3.8, 4) is 0 Å². The molecule has 2 aliphatic heterocycles. The molecule has 1 fully saturated rings. The second kappa shape index (κ2) is 5.74. The van der Waals surface area contributed by atoms with Gasteiger partial charge in [-0.15, -0.1) is 0 Å². The van der Waals surface area contributed by atoms with Gasteiger partial charge in [-0.3, -0.25) is 0 Å². The molecule has 0 spiro atoms. The van der Waals surface area contributed by atoms with Crippen LogP contribution in [0.5, 0.6) is 0 Å². The molecule has 3 heterocycles. The number of rotatable bonds is 1. The molecular formula is C14H23N5. The van der Waals surface area contributed by atoms with E-state index in [2.05, 4.69) is 15.2 Å². The number of nitrogen functional groups attached to an aromatic ring is 1. The standard InChI is InChI=1S/C14H23N5/c15-13-11-5-7-16-8-6-12(11)17-14(18-13)19-9-3-1-2-4-10-19/h16H,1-10H2,(H2,15,17,18). The second-order valence-corrected chi connectivity index (χ2v) is 5.49. The van der Waals surface area contributed by atoms with Crippen molar-refractivity contribution in [3.63, 3.8) is 0 Å². The molecule has 19 heavy (non-hydrogen) atoms. The third-order valence-electron chi connectivity index (χ3n) is 4.09. The molecule has 1 aromatic heterocycles. The van der Waals surface area contributed by atoms with Crippen molar-refractivity contribution in [2.75, 3.05) is 36.8 Å². The van der Waals surface area contributed by atoms with Crippen LogP contribution in [0.3, 0.4) is 0 Å². The van der Waals surface area contributed by atoms with Crippen LogP contribution in [0.1, 0.15) is 36.9 Å². The van der Waals surface area contributed by atoms with E-state index in [4.69, 9.17) is 10.7 Å². The summed E-state index contributed by atoms with van der Waals surface area (Å²) in [5, 5.41) is 3.39. The highest BCUT2D eigenvalue weighted by atomic mass is 15.3. The van der Waals surface area contributed by atoms with Crippen LogP contribution in [0.15, 0.2) is 0 Å². The van der Waals surface area contributed by atoms with E-state index >= 15 is 0 Å². The number of nitrogens with two attached hydrogens (primary N) is 1. The number of nitrogens with zero attached hydrogens (tertiary/aromatic N) is 3. The summed E-state index contributed by atoms with van der Waals surface area (Å²) in [6, 6.07) is 0. The van der Waals surface area contributed by atoms with Gasteiger partial charge in [0.25, 0.3) is 0 Å². The topological polar surface area (TPSA) is 67.1 Å². The molecule has 104 valence electrons. The number of anilines is 2. The van der Waals surface area contributed by atoms with E-state index in [1.165, 1.54) is 25.7 Å². The Hall–Kier alpha value is -1.36. The molecule has 1 saturated heterocycles. The minimum Gasteiger partial charge on any atom is -0.383 e. The molecule has 0 saturated carbocycles. The van der Waals surface area contributed by atoms with Crippen molar-refractivity contribution in [1.29, 1.82) is 0 Å². The highest BCUT2D eigenvalue weighted by Crippen LogP contribution is 2.22. The predicted octanol–water partition coefficient (Wildman–Crippen LogP) is 1.13. The maximum absolute atomic E-state index is 6.15. The summed E-state index contributed by atoms with van der Waals surface area (Å²) in [6.45, 7) is 4.10. The molecule has 2 aliphatic rings. The molecule has 0 aromatic carbocycles. The lowest BCUT2D eigenvalue weighted by Gasteiger charge is -2.22. The Balaban J connectivity index is 1.89. The molecule has 0 radical (unpaired) electrons. The number of hydrogen-bond acceptors (Lipinski definition) is 5. The van der Waals surface area contributed by atoms with Crippen LogP contribution in [0.2, 0.25) is 0 Å². The highest BCUT2D eigenvalue weighted by Gasteiger charge is 2.18. The lowest BCUT2D eigenvalue weighted by Crippen LogP contribution is -2.27. The summed E-state index contributed by atoms with van der Waals surface area (Å²) >= 11 is 0. The number of fused-ring (bicyclic) bond motifs is 1. The van der Waals surface area contributed by atoms with Gasteiger partial charge in [0.05, 0.1) is 5.69 Å². The highest BCUT2D eigenvalue weighted by molar-refractivity contribution is 5.49. The first-order valence-electron chi connectivity index (χ1n) is 7.45. The molecule has 0 aliphatic carbocycles. The van der Waals surface area contributed by atoms with Gasteiger partial charge < -0.3 is 16.0 Å². The molecule has 3 N–H and O–H groups in total. The Morgan fingerprint density at radius 3 is 2.47 bits per heavy atom. The van der Waals surface area contributed by atoms with Gasteiger partial charge in [0.15, 0.2) is 0 Å². The lowest BCUT2D eigenvalue weighted by atomic mass is 10.1. The molecule has 0 unspecified atom stereocenters. The number of aromatic nitrogens is 2. The lowest BCUT2D eigenvalue weighted by molar-refractivity contribution is 0.707. The van der Waals surface area contributed by atoms with Crippen LogP contribution in [0, 0.1) is 0 Å². The summed E-state index contributed by atoms with van der Waals surface area (Å²) < 4.78 is 0. The van der Waals surface area contributed by atoms with Gasteiger partial charge in [0, 0.05) is 31.6 Å². The molecule has 1 aromatic rings. The molecular weight excluding hydrogens is 238 g/mol. The van der Waals surface area contributed by atoms with Gasteiger partial charge in [-0.25, -0.2) is 4.98 Å². The largest absolute Gasteiger partial charge is 0.383 e. The summed E-state index contributed by atoms with van der Waals surface area (Å²) in [5.74, 6) is 1.54. The fourth-order valence-electron chi connectivity index (χ4n) is 2.97. The molecule has 0 bridgehead atoms. The monoisotopic (exact) mass is 261 g/mol. The van der Waals surface area contributed by atoms with Crippen LogP contribution in [-0.2, 0) is 12.8 Å². The Bertz CT molecular complexity index is 438. The van der Waals surface area contributed by atoms with E-state index in [0.29, 0.717) is 5.82 Å². The minimum absolute atomic E-state index is 0.688. The second-order valence-electron chi connectivity index (χ2n) is 5.49. The van der Waals surface area contributed by atoms with E-state index < -0.39 is 0 Å². The average molecular weight is 261 g/mol. The van der Waals surface area contributed by atoms with Crippen molar-refractivity contribution in [2.45, 2.75) is 38.5 Å². The maximum atomic E-state index is 6.15. The van der Waals surface area contributed by atoms with Gasteiger partial charge in [-0.1, -0.05) is 12.8 Å². The minimum atomic E-state index is 0.688. The van der Waals surface area contributed by atoms with E-state index in [-0.39, 0.29) is 0 Å². The smallest absolute Gasteiger partial charge is 0.227 e. The first kappa shape index (κ1) is 12.7. The van der Waals surface area contributed by atoms with Crippen molar-refractivity contribution in [2.24, 2.45) is 0 Å². The first-order valence-corrected chi connectivity index (χ1v) is 7.45. The molecule has 5 heteroatoms. The quantitative estimate of drug-likeness (QED) is 0.793. The van der Waals surface area contributed by atoms with Crippen molar-refractivity contribution < 1.29 is 0 Å². The molecule has 0 amide bonds. The van der Waals surface area contributed by atoms with Crippen LogP contribution >= 0.6 is 0 Å². The summed E-state index contributed by atoms with van der Waals surface area (Å²) in [6.07, 6.45) is 7.02. The first-order chi connectivity index (χ1) is 9.34. The fraction of sp³-hybridized carbons (Fsp3) is 0.714. The Morgan fingerprint density at radius 2 is 1.68 bits per heavy atom. The Labute approximate surface area is 114 Å². The molecule has 5 nitrogen and oxygen atoms in total. The third-order valence-corrected chi connectivity index (χ3v) is 4.09. The van der Waals surface area contributed by atoms with Gasteiger partial charge in [-0.05, 0) is 25.8 Å². The van der Waals surface area contributed by atoms with E-state index in [1.54, 1.807) is 0 Å². The zero-order chi connectivity index (χ0) is 13.1.